The van der Waals surface area contributed by atoms with Crippen LogP contribution in [0.1, 0.15) is 18.4 Å². The van der Waals surface area contributed by atoms with Crippen LogP contribution in [-0.4, -0.2) is 54.7 Å². The monoisotopic (exact) mass is 275 g/mol. The summed E-state index contributed by atoms with van der Waals surface area (Å²) in [6.45, 7) is 5.70. The summed E-state index contributed by atoms with van der Waals surface area (Å²) in [4.78, 5) is 21.2. The van der Waals surface area contributed by atoms with E-state index in [0.717, 1.165) is 25.2 Å². The summed E-state index contributed by atoms with van der Waals surface area (Å²) in [5, 5.41) is 0. The molecule has 3 rings (SSSR count). The van der Waals surface area contributed by atoms with Gasteiger partial charge in [-0.2, -0.15) is 0 Å². The molecule has 2 aliphatic heterocycles. The van der Waals surface area contributed by atoms with Gasteiger partial charge >= 0.3 is 0 Å². The van der Waals surface area contributed by atoms with Gasteiger partial charge in [-0.15, -0.1) is 0 Å². The lowest BCUT2D eigenvalue weighted by molar-refractivity contribution is -0.136. The summed E-state index contributed by atoms with van der Waals surface area (Å²) >= 11 is 0. The van der Waals surface area contributed by atoms with E-state index in [1.165, 1.54) is 5.56 Å². The van der Waals surface area contributed by atoms with E-state index in [0.29, 0.717) is 26.3 Å². The van der Waals surface area contributed by atoms with Crippen LogP contribution in [0.25, 0.3) is 0 Å². The van der Waals surface area contributed by atoms with Crippen molar-refractivity contribution in [1.82, 2.24) is 9.88 Å². The number of carbonyl (C=O) groups is 1. The average Bonchev–Trinajstić information content (AvgIpc) is 2.97. The van der Waals surface area contributed by atoms with Crippen LogP contribution in [0.3, 0.4) is 0 Å². The highest BCUT2D eigenvalue weighted by Crippen LogP contribution is 2.25. The molecule has 0 aromatic carbocycles. The van der Waals surface area contributed by atoms with Crippen LogP contribution in [0.4, 0.5) is 5.82 Å². The van der Waals surface area contributed by atoms with E-state index >= 15 is 0 Å². The van der Waals surface area contributed by atoms with E-state index in [-0.39, 0.29) is 11.9 Å². The van der Waals surface area contributed by atoms with Crippen molar-refractivity contribution in [3.8, 4) is 0 Å². The Morgan fingerprint density at radius 1 is 1.35 bits per heavy atom. The quantitative estimate of drug-likeness (QED) is 0.814. The molecule has 2 aliphatic rings. The summed E-state index contributed by atoms with van der Waals surface area (Å²) in [6.07, 6.45) is 3.79. The topological polar surface area (TPSA) is 45.7 Å². The molecule has 2 fully saturated rings. The Kier molecular flexibility index (Phi) is 3.87. The minimum atomic E-state index is -0.0533. The Balaban J connectivity index is 1.76. The third-order valence-corrected chi connectivity index (χ3v) is 4.06. The molecular weight excluding hydrogens is 254 g/mol. The molecule has 0 N–H and O–H groups in total. The zero-order valence-corrected chi connectivity index (χ0v) is 11.9. The molecule has 5 heteroatoms. The molecule has 0 saturated carbocycles. The van der Waals surface area contributed by atoms with Gasteiger partial charge in [0.2, 0.25) is 5.91 Å². The second-order valence-corrected chi connectivity index (χ2v) is 5.48. The molecule has 2 saturated heterocycles. The van der Waals surface area contributed by atoms with Crippen LogP contribution in [0, 0.1) is 6.92 Å². The molecule has 3 heterocycles. The molecule has 0 spiro atoms. The van der Waals surface area contributed by atoms with E-state index < -0.39 is 0 Å². The van der Waals surface area contributed by atoms with Gasteiger partial charge in [0.15, 0.2) is 0 Å². The van der Waals surface area contributed by atoms with Crippen molar-refractivity contribution in [2.24, 2.45) is 0 Å². The highest BCUT2D eigenvalue weighted by molar-refractivity contribution is 5.85. The van der Waals surface area contributed by atoms with Gasteiger partial charge in [0, 0.05) is 25.8 Å². The first-order valence-electron chi connectivity index (χ1n) is 7.31. The maximum absolute atomic E-state index is 12.7. The van der Waals surface area contributed by atoms with Crippen molar-refractivity contribution in [1.29, 1.82) is 0 Å². The van der Waals surface area contributed by atoms with Crippen molar-refractivity contribution < 1.29 is 9.53 Å². The largest absolute Gasteiger partial charge is 0.378 e. The molecule has 0 aliphatic carbocycles. The first-order valence-corrected chi connectivity index (χ1v) is 7.31. The van der Waals surface area contributed by atoms with Gasteiger partial charge in [0.1, 0.15) is 11.9 Å². The summed E-state index contributed by atoms with van der Waals surface area (Å²) in [5.74, 6) is 1.16. The molecule has 1 aromatic rings. The lowest BCUT2D eigenvalue weighted by Gasteiger charge is -2.33. The average molecular weight is 275 g/mol. The Morgan fingerprint density at radius 3 is 2.90 bits per heavy atom. The molecule has 20 heavy (non-hydrogen) atoms. The minimum absolute atomic E-state index is 0.0533. The molecule has 0 bridgehead atoms. The van der Waals surface area contributed by atoms with Crippen LogP contribution >= 0.6 is 0 Å². The molecule has 1 amide bonds. The number of amides is 1. The van der Waals surface area contributed by atoms with Gasteiger partial charge in [-0.25, -0.2) is 4.98 Å². The minimum Gasteiger partial charge on any atom is -0.378 e. The maximum Gasteiger partial charge on any atom is 0.245 e. The van der Waals surface area contributed by atoms with E-state index in [2.05, 4.69) is 22.9 Å². The Bertz CT molecular complexity index is 486. The molecule has 108 valence electrons. The van der Waals surface area contributed by atoms with Gasteiger partial charge in [0.25, 0.3) is 0 Å². The number of aryl methyl sites for hydroxylation is 1. The lowest BCUT2D eigenvalue weighted by Crippen LogP contribution is -2.50. The number of ether oxygens (including phenoxy) is 1. The molecular formula is C15H21N3O2. The number of anilines is 1. The first kappa shape index (κ1) is 13.4. The van der Waals surface area contributed by atoms with Gasteiger partial charge in [-0.05, 0) is 37.5 Å². The fourth-order valence-corrected chi connectivity index (χ4v) is 2.97. The summed E-state index contributed by atoms with van der Waals surface area (Å²) in [7, 11) is 0. The van der Waals surface area contributed by atoms with Gasteiger partial charge in [-0.3, -0.25) is 4.79 Å². The predicted octanol–water partition coefficient (Wildman–Crippen LogP) is 1.22. The third kappa shape index (κ3) is 2.63. The van der Waals surface area contributed by atoms with E-state index in [9.17, 15) is 4.79 Å². The number of aromatic nitrogens is 1. The van der Waals surface area contributed by atoms with E-state index in [1.807, 2.05) is 17.2 Å². The number of nitrogens with zero attached hydrogens (tertiary/aromatic N) is 3. The third-order valence-electron chi connectivity index (χ3n) is 4.06. The van der Waals surface area contributed by atoms with Crippen LogP contribution in [0.5, 0.6) is 0 Å². The maximum atomic E-state index is 12.7. The van der Waals surface area contributed by atoms with Crippen molar-refractivity contribution in [2.45, 2.75) is 25.8 Å². The fourth-order valence-electron chi connectivity index (χ4n) is 2.97. The van der Waals surface area contributed by atoms with Gasteiger partial charge < -0.3 is 14.5 Å². The molecule has 1 aromatic heterocycles. The number of rotatable bonds is 2. The van der Waals surface area contributed by atoms with Gasteiger partial charge in [-0.1, -0.05) is 0 Å². The number of carbonyl (C=O) groups excluding carboxylic acids is 1. The summed E-state index contributed by atoms with van der Waals surface area (Å²) in [5.41, 5.74) is 1.18. The Hall–Kier alpha value is -1.62. The number of hydrogen-bond acceptors (Lipinski definition) is 4. The Labute approximate surface area is 119 Å². The molecule has 5 nitrogen and oxygen atoms in total. The van der Waals surface area contributed by atoms with E-state index in [4.69, 9.17) is 4.74 Å². The van der Waals surface area contributed by atoms with Crippen LogP contribution in [0.15, 0.2) is 18.3 Å². The van der Waals surface area contributed by atoms with Crippen molar-refractivity contribution in [3.05, 3.63) is 23.9 Å². The Morgan fingerprint density at radius 2 is 2.15 bits per heavy atom. The summed E-state index contributed by atoms with van der Waals surface area (Å²) < 4.78 is 5.32. The zero-order valence-electron chi connectivity index (χ0n) is 11.9. The summed E-state index contributed by atoms with van der Waals surface area (Å²) in [6, 6.07) is 3.99. The highest BCUT2D eigenvalue weighted by Gasteiger charge is 2.34. The molecule has 0 unspecified atom stereocenters. The number of morpholine rings is 1. The number of pyridine rings is 1. The van der Waals surface area contributed by atoms with E-state index in [1.54, 1.807) is 0 Å². The second-order valence-electron chi connectivity index (χ2n) is 5.48. The smallest absolute Gasteiger partial charge is 0.245 e. The van der Waals surface area contributed by atoms with Crippen molar-refractivity contribution >= 4 is 11.7 Å². The lowest BCUT2D eigenvalue weighted by atomic mass is 10.1. The number of hydrogen-bond donors (Lipinski definition) is 0. The highest BCUT2D eigenvalue weighted by atomic mass is 16.5. The fraction of sp³-hybridized carbons (Fsp3) is 0.600. The normalized spacial score (nSPS) is 23.1. The van der Waals surface area contributed by atoms with Crippen molar-refractivity contribution in [3.63, 3.8) is 0 Å². The van der Waals surface area contributed by atoms with Crippen LogP contribution in [-0.2, 0) is 9.53 Å². The molecule has 0 radical (unpaired) electrons. The van der Waals surface area contributed by atoms with Crippen LogP contribution < -0.4 is 4.90 Å². The zero-order chi connectivity index (χ0) is 13.9. The predicted molar refractivity (Wildman–Crippen MR) is 76.7 cm³/mol. The van der Waals surface area contributed by atoms with Crippen molar-refractivity contribution in [2.75, 3.05) is 37.7 Å². The first-order chi connectivity index (χ1) is 9.75. The van der Waals surface area contributed by atoms with Gasteiger partial charge in [0.05, 0.1) is 13.2 Å². The second kappa shape index (κ2) is 5.79. The van der Waals surface area contributed by atoms with Crippen LogP contribution in [0.2, 0.25) is 0 Å². The SMILES string of the molecule is Cc1ccnc(N2CCC[C@@H]2C(=O)N2CCOCC2)c1. The molecule has 1 atom stereocenters. The standard InChI is InChI=1S/C15H21N3O2/c1-12-4-5-16-14(11-12)18-6-2-3-13(18)15(19)17-7-9-20-10-8-17/h4-5,11,13H,2-3,6-10H2,1H3/t13-/m1/s1.